The van der Waals surface area contributed by atoms with E-state index in [-0.39, 0.29) is 11.9 Å². The van der Waals surface area contributed by atoms with Gasteiger partial charge in [0, 0.05) is 17.3 Å². The van der Waals surface area contributed by atoms with Crippen molar-refractivity contribution in [3.8, 4) is 11.6 Å². The van der Waals surface area contributed by atoms with Gasteiger partial charge in [-0.05, 0) is 65.9 Å². The molecule has 1 aliphatic heterocycles. The van der Waals surface area contributed by atoms with Gasteiger partial charge in [-0.25, -0.2) is 4.98 Å². The highest BCUT2D eigenvalue weighted by molar-refractivity contribution is 9.10. The van der Waals surface area contributed by atoms with Crippen LogP contribution in [0.1, 0.15) is 56.9 Å². The summed E-state index contributed by atoms with van der Waals surface area (Å²) in [6.07, 6.45) is 4.36. The van der Waals surface area contributed by atoms with Gasteiger partial charge < -0.3 is 9.64 Å². The van der Waals surface area contributed by atoms with Gasteiger partial charge >= 0.3 is 0 Å². The molecule has 0 radical (unpaired) electrons. The van der Waals surface area contributed by atoms with Gasteiger partial charge in [0.1, 0.15) is 5.75 Å². The van der Waals surface area contributed by atoms with Crippen molar-refractivity contribution in [2.45, 2.75) is 65.8 Å². The van der Waals surface area contributed by atoms with Crippen molar-refractivity contribution < 1.29 is 9.53 Å². The van der Waals surface area contributed by atoms with Crippen LogP contribution in [0.3, 0.4) is 0 Å². The number of ether oxygens (including phenoxy) is 1. The third-order valence-electron chi connectivity index (χ3n) is 5.10. The van der Waals surface area contributed by atoms with Crippen molar-refractivity contribution in [3.05, 3.63) is 45.6 Å². The Morgan fingerprint density at radius 1 is 1.22 bits per heavy atom. The summed E-state index contributed by atoms with van der Waals surface area (Å²) in [5, 5.41) is 0. The van der Waals surface area contributed by atoms with Crippen molar-refractivity contribution in [3.63, 3.8) is 0 Å². The second-order valence-corrected chi connectivity index (χ2v) is 7.95. The number of hydrogen-bond acceptors (Lipinski definition) is 3. The molecule has 0 unspecified atom stereocenters. The van der Waals surface area contributed by atoms with E-state index < -0.39 is 0 Å². The number of aromatic nitrogens is 1. The lowest BCUT2D eigenvalue weighted by molar-refractivity contribution is -0.117. The zero-order valence-electron chi connectivity index (χ0n) is 16.5. The van der Waals surface area contributed by atoms with Crippen LogP contribution in [-0.4, -0.2) is 16.9 Å². The van der Waals surface area contributed by atoms with Crippen LogP contribution in [0.2, 0.25) is 0 Å². The highest BCUT2D eigenvalue weighted by Gasteiger charge is 2.35. The molecular formula is C22H27BrN2O2. The fourth-order valence-electron chi connectivity index (χ4n) is 3.72. The van der Waals surface area contributed by atoms with E-state index in [1.165, 1.54) is 5.56 Å². The van der Waals surface area contributed by atoms with Gasteiger partial charge in [-0.2, -0.15) is 0 Å². The van der Waals surface area contributed by atoms with E-state index in [1.807, 2.05) is 24.0 Å². The molecule has 0 atom stereocenters. The van der Waals surface area contributed by atoms with Gasteiger partial charge in [0.25, 0.3) is 0 Å². The predicted octanol–water partition coefficient (Wildman–Crippen LogP) is 5.98. The molecule has 0 spiro atoms. The third-order valence-corrected chi connectivity index (χ3v) is 5.72. The Morgan fingerprint density at radius 3 is 2.59 bits per heavy atom. The average molecular weight is 431 g/mol. The number of benzene rings is 1. The molecule has 27 heavy (non-hydrogen) atoms. The van der Waals surface area contributed by atoms with E-state index in [9.17, 15) is 4.79 Å². The molecule has 5 heteroatoms. The van der Waals surface area contributed by atoms with Crippen LogP contribution in [0.15, 0.2) is 28.7 Å². The molecule has 2 aromatic rings. The Kier molecular flexibility index (Phi) is 6.20. The summed E-state index contributed by atoms with van der Waals surface area (Å²) in [5.41, 5.74) is 3.97. The summed E-state index contributed by atoms with van der Waals surface area (Å²) in [7, 11) is 0. The van der Waals surface area contributed by atoms with Gasteiger partial charge in [-0.1, -0.05) is 33.3 Å². The Labute approximate surface area is 170 Å². The molecule has 3 rings (SSSR count). The monoisotopic (exact) mass is 430 g/mol. The quantitative estimate of drug-likeness (QED) is 0.542. The SMILES string of the molecule is CCCc1ccc(Oc2nc(C)cc3c2CC(=O)N3C(CC)CC)c(Br)c1. The molecular weight excluding hydrogens is 404 g/mol. The lowest BCUT2D eigenvalue weighted by Crippen LogP contribution is -2.37. The van der Waals surface area contributed by atoms with Gasteiger partial charge in [0.05, 0.1) is 16.6 Å². The average Bonchev–Trinajstić information content (AvgIpc) is 2.95. The molecule has 0 saturated heterocycles. The van der Waals surface area contributed by atoms with Gasteiger partial charge in [0.15, 0.2) is 0 Å². The van der Waals surface area contributed by atoms with Crippen molar-refractivity contribution in [1.29, 1.82) is 0 Å². The first-order valence-electron chi connectivity index (χ1n) is 9.77. The minimum atomic E-state index is 0.133. The standard InChI is InChI=1S/C22H27BrN2O2/c1-5-8-15-9-10-20(18(23)12-15)27-22-17-13-21(26)25(16(6-2)7-3)19(17)11-14(4)24-22/h9-12,16H,5-8,13H2,1-4H3. The smallest absolute Gasteiger partial charge is 0.231 e. The molecule has 4 nitrogen and oxygen atoms in total. The van der Waals surface area contributed by atoms with Crippen molar-refractivity contribution in [2.75, 3.05) is 4.90 Å². The van der Waals surface area contributed by atoms with E-state index >= 15 is 0 Å². The third kappa shape index (κ3) is 4.03. The number of carbonyl (C=O) groups excluding carboxylic acids is 1. The first-order valence-corrected chi connectivity index (χ1v) is 10.6. The lowest BCUT2D eigenvalue weighted by Gasteiger charge is -2.27. The van der Waals surface area contributed by atoms with Gasteiger partial charge in [-0.3, -0.25) is 4.79 Å². The number of amides is 1. The number of anilines is 1. The van der Waals surface area contributed by atoms with Crippen LogP contribution in [0.5, 0.6) is 11.6 Å². The molecule has 0 saturated carbocycles. The second kappa shape index (κ2) is 8.42. The highest BCUT2D eigenvalue weighted by Crippen LogP contribution is 2.40. The van der Waals surface area contributed by atoms with E-state index in [2.05, 4.69) is 53.8 Å². The number of halogens is 1. The minimum absolute atomic E-state index is 0.133. The zero-order chi connectivity index (χ0) is 19.6. The molecule has 2 heterocycles. The first kappa shape index (κ1) is 19.9. The molecule has 1 aromatic carbocycles. The molecule has 1 amide bonds. The van der Waals surface area contributed by atoms with E-state index in [1.54, 1.807) is 0 Å². The topological polar surface area (TPSA) is 42.4 Å². The molecule has 144 valence electrons. The summed E-state index contributed by atoms with van der Waals surface area (Å²) in [6, 6.07) is 8.37. The lowest BCUT2D eigenvalue weighted by atomic mass is 10.1. The van der Waals surface area contributed by atoms with Crippen LogP contribution in [-0.2, 0) is 17.6 Å². The predicted molar refractivity (Wildman–Crippen MR) is 113 cm³/mol. The number of nitrogens with zero attached hydrogens (tertiary/aromatic N) is 2. The highest BCUT2D eigenvalue weighted by atomic mass is 79.9. The number of hydrogen-bond donors (Lipinski definition) is 0. The fourth-order valence-corrected chi connectivity index (χ4v) is 4.23. The van der Waals surface area contributed by atoms with Crippen LogP contribution in [0.4, 0.5) is 5.69 Å². The first-order chi connectivity index (χ1) is 13.0. The van der Waals surface area contributed by atoms with Crippen molar-refractivity contribution in [2.24, 2.45) is 0 Å². The second-order valence-electron chi connectivity index (χ2n) is 7.09. The normalized spacial score (nSPS) is 13.4. The van der Waals surface area contributed by atoms with Crippen LogP contribution in [0, 0.1) is 6.92 Å². The van der Waals surface area contributed by atoms with Gasteiger partial charge in [-0.15, -0.1) is 0 Å². The van der Waals surface area contributed by atoms with Crippen molar-refractivity contribution >= 4 is 27.5 Å². The largest absolute Gasteiger partial charge is 0.437 e. The van der Waals surface area contributed by atoms with E-state index in [0.717, 1.165) is 52.9 Å². The van der Waals surface area contributed by atoms with Gasteiger partial charge in [0.2, 0.25) is 11.8 Å². The van der Waals surface area contributed by atoms with E-state index in [0.29, 0.717) is 12.3 Å². The molecule has 0 bridgehead atoms. The van der Waals surface area contributed by atoms with Crippen molar-refractivity contribution in [1.82, 2.24) is 4.98 Å². The molecule has 0 aliphatic carbocycles. The number of carbonyl (C=O) groups is 1. The van der Waals surface area contributed by atoms with Crippen LogP contribution >= 0.6 is 15.9 Å². The van der Waals surface area contributed by atoms with E-state index in [4.69, 9.17) is 4.74 Å². The number of aryl methyl sites for hydroxylation is 2. The zero-order valence-corrected chi connectivity index (χ0v) is 18.1. The summed E-state index contributed by atoms with van der Waals surface area (Å²) in [4.78, 5) is 19.3. The molecule has 1 aliphatic rings. The molecule has 0 fully saturated rings. The minimum Gasteiger partial charge on any atom is -0.437 e. The number of pyridine rings is 1. The Hall–Kier alpha value is -1.88. The summed E-state index contributed by atoms with van der Waals surface area (Å²) in [5.74, 6) is 1.40. The Bertz CT molecular complexity index is 846. The summed E-state index contributed by atoms with van der Waals surface area (Å²) >= 11 is 3.61. The maximum atomic E-state index is 12.7. The van der Waals surface area contributed by atoms with Crippen LogP contribution < -0.4 is 9.64 Å². The summed E-state index contributed by atoms with van der Waals surface area (Å²) < 4.78 is 7.08. The number of fused-ring (bicyclic) bond motifs is 1. The number of rotatable bonds is 7. The molecule has 1 aromatic heterocycles. The maximum Gasteiger partial charge on any atom is 0.231 e. The fraction of sp³-hybridized carbons (Fsp3) is 0.455. The maximum absolute atomic E-state index is 12.7. The Balaban J connectivity index is 1.97. The summed E-state index contributed by atoms with van der Waals surface area (Å²) in [6.45, 7) is 8.36. The molecule has 0 N–H and O–H groups in total. The Morgan fingerprint density at radius 2 is 1.96 bits per heavy atom. The van der Waals surface area contributed by atoms with Crippen LogP contribution in [0.25, 0.3) is 0 Å².